The molecule has 2 aromatic rings. The molecule has 2 rings (SSSR count). The first-order chi connectivity index (χ1) is 9.29. The molecule has 0 N–H and O–H groups in total. The van der Waals surface area contributed by atoms with Crippen LogP contribution in [0.2, 0.25) is 0 Å². The predicted molar refractivity (Wildman–Crippen MR) is 88.0 cm³/mol. The van der Waals surface area contributed by atoms with Gasteiger partial charge in [-0.05, 0) is 12.5 Å². The molecule has 110 valence electrons. The van der Waals surface area contributed by atoms with Crippen molar-refractivity contribution in [3.63, 3.8) is 0 Å². The lowest BCUT2D eigenvalue weighted by molar-refractivity contribution is 0.562. The maximum Gasteiger partial charge on any atom is 0.154 e. The van der Waals surface area contributed by atoms with Crippen LogP contribution < -0.4 is 4.90 Å². The Morgan fingerprint density at radius 3 is 2.70 bits per heavy atom. The average Bonchev–Trinajstić information content (AvgIpc) is 2.79. The van der Waals surface area contributed by atoms with Crippen LogP contribution in [0.1, 0.15) is 39.8 Å². The predicted octanol–water partition coefficient (Wildman–Crippen LogP) is 3.64. The molecule has 0 spiro atoms. The quantitative estimate of drug-likeness (QED) is 0.798. The summed E-state index contributed by atoms with van der Waals surface area (Å²) in [7, 11) is 2.08. The number of hydrogen-bond acceptors (Lipinski definition) is 3. The number of anilines is 1. The van der Waals surface area contributed by atoms with E-state index >= 15 is 0 Å². The summed E-state index contributed by atoms with van der Waals surface area (Å²) in [5.74, 6) is 0.989. The molecular formula is C15H23BrN4. The summed E-state index contributed by atoms with van der Waals surface area (Å²) in [6.45, 7) is 9.67. The highest BCUT2D eigenvalue weighted by Crippen LogP contribution is 2.26. The highest BCUT2D eigenvalue weighted by Gasteiger charge is 2.20. The van der Waals surface area contributed by atoms with Gasteiger partial charge in [0.25, 0.3) is 0 Å². The van der Waals surface area contributed by atoms with Crippen molar-refractivity contribution in [3.8, 4) is 0 Å². The maximum absolute atomic E-state index is 4.66. The van der Waals surface area contributed by atoms with Crippen molar-refractivity contribution in [3.05, 3.63) is 24.2 Å². The minimum absolute atomic E-state index is 0.0479. The number of aromatic nitrogens is 3. The van der Waals surface area contributed by atoms with E-state index in [4.69, 9.17) is 0 Å². The van der Waals surface area contributed by atoms with Gasteiger partial charge in [0.2, 0.25) is 0 Å². The van der Waals surface area contributed by atoms with Crippen molar-refractivity contribution >= 4 is 27.3 Å². The van der Waals surface area contributed by atoms with Crippen molar-refractivity contribution in [1.29, 1.82) is 0 Å². The lowest BCUT2D eigenvalue weighted by Gasteiger charge is -2.19. The minimum atomic E-state index is 0.0479. The standard InChI is InChI=1S/C15H23BrN4/c1-11(16)6-8-19(5)14-12-10-13(15(2,3)4)18-20(12)9-7-17-14/h7,9-11H,6,8H2,1-5H3. The van der Waals surface area contributed by atoms with Crippen LogP contribution in [0, 0.1) is 0 Å². The van der Waals surface area contributed by atoms with Crippen molar-refractivity contribution in [1.82, 2.24) is 14.6 Å². The Morgan fingerprint density at radius 1 is 1.40 bits per heavy atom. The van der Waals surface area contributed by atoms with Crippen molar-refractivity contribution in [2.45, 2.75) is 44.4 Å². The summed E-state index contributed by atoms with van der Waals surface area (Å²) in [5, 5.41) is 4.66. The monoisotopic (exact) mass is 338 g/mol. The smallest absolute Gasteiger partial charge is 0.154 e. The molecule has 0 aromatic carbocycles. The van der Waals surface area contributed by atoms with E-state index in [1.807, 2.05) is 16.9 Å². The van der Waals surface area contributed by atoms with Gasteiger partial charge in [0.1, 0.15) is 5.52 Å². The van der Waals surface area contributed by atoms with Crippen LogP contribution in [0.15, 0.2) is 18.5 Å². The third-order valence-electron chi connectivity index (χ3n) is 3.36. The summed E-state index contributed by atoms with van der Waals surface area (Å²) in [4.78, 5) is 7.24. The van der Waals surface area contributed by atoms with Gasteiger partial charge in [0.05, 0.1) is 5.69 Å². The second kappa shape index (κ2) is 5.72. The normalized spacial score (nSPS) is 13.7. The van der Waals surface area contributed by atoms with Crippen LogP contribution >= 0.6 is 15.9 Å². The minimum Gasteiger partial charge on any atom is -0.358 e. The number of hydrogen-bond donors (Lipinski definition) is 0. The fourth-order valence-corrected chi connectivity index (χ4v) is 2.25. The summed E-state index contributed by atoms with van der Waals surface area (Å²) < 4.78 is 1.93. The first-order valence-electron chi connectivity index (χ1n) is 6.99. The fraction of sp³-hybridized carbons (Fsp3) is 0.600. The second-order valence-electron chi connectivity index (χ2n) is 6.35. The van der Waals surface area contributed by atoms with Crippen molar-refractivity contribution in [2.75, 3.05) is 18.5 Å². The van der Waals surface area contributed by atoms with Gasteiger partial charge < -0.3 is 4.90 Å². The lowest BCUT2D eigenvalue weighted by Crippen LogP contribution is -2.22. The third-order valence-corrected chi connectivity index (χ3v) is 3.82. The molecule has 0 saturated heterocycles. The maximum atomic E-state index is 4.66. The zero-order chi connectivity index (χ0) is 14.9. The van der Waals surface area contributed by atoms with Crippen LogP contribution in [-0.4, -0.2) is 33.0 Å². The van der Waals surface area contributed by atoms with Crippen LogP contribution in [-0.2, 0) is 5.41 Å². The number of nitrogens with zero attached hydrogens (tertiary/aromatic N) is 4. The number of halogens is 1. The Morgan fingerprint density at radius 2 is 2.10 bits per heavy atom. The molecule has 0 aliphatic heterocycles. The van der Waals surface area contributed by atoms with E-state index in [0.29, 0.717) is 4.83 Å². The van der Waals surface area contributed by atoms with Gasteiger partial charge in [-0.25, -0.2) is 9.50 Å². The van der Waals surface area contributed by atoms with Gasteiger partial charge in [-0.15, -0.1) is 0 Å². The zero-order valence-corrected chi connectivity index (χ0v) is 14.5. The Labute approximate surface area is 129 Å². The Kier molecular flexibility index (Phi) is 4.37. The molecule has 20 heavy (non-hydrogen) atoms. The molecule has 0 bridgehead atoms. The van der Waals surface area contributed by atoms with E-state index < -0.39 is 0 Å². The molecule has 0 aliphatic rings. The highest BCUT2D eigenvalue weighted by molar-refractivity contribution is 9.09. The zero-order valence-electron chi connectivity index (χ0n) is 12.9. The molecule has 1 atom stereocenters. The molecule has 0 aliphatic carbocycles. The van der Waals surface area contributed by atoms with Gasteiger partial charge in [-0.3, -0.25) is 0 Å². The molecule has 1 unspecified atom stereocenters. The SMILES string of the molecule is CC(Br)CCN(C)c1nccn2nc(C(C)(C)C)cc12. The van der Waals surface area contributed by atoms with Gasteiger partial charge in [-0.2, -0.15) is 5.10 Å². The first kappa shape index (κ1) is 15.3. The number of rotatable bonds is 4. The molecule has 0 amide bonds. The van der Waals surface area contributed by atoms with E-state index in [1.165, 1.54) is 0 Å². The van der Waals surface area contributed by atoms with E-state index in [0.717, 1.165) is 30.0 Å². The average molecular weight is 339 g/mol. The van der Waals surface area contributed by atoms with E-state index in [9.17, 15) is 0 Å². The van der Waals surface area contributed by atoms with Crippen LogP contribution in [0.3, 0.4) is 0 Å². The molecule has 2 heterocycles. The molecule has 0 radical (unpaired) electrons. The van der Waals surface area contributed by atoms with E-state index in [2.05, 4.69) is 71.7 Å². The molecule has 0 saturated carbocycles. The summed E-state index contributed by atoms with van der Waals surface area (Å²) in [5.41, 5.74) is 2.21. The van der Waals surface area contributed by atoms with Gasteiger partial charge >= 0.3 is 0 Å². The van der Waals surface area contributed by atoms with E-state index in [1.54, 1.807) is 0 Å². The molecule has 4 nitrogen and oxygen atoms in total. The van der Waals surface area contributed by atoms with Gasteiger partial charge in [0.15, 0.2) is 5.82 Å². The summed E-state index contributed by atoms with van der Waals surface area (Å²) in [6, 6.07) is 2.15. The number of alkyl halides is 1. The number of fused-ring (bicyclic) bond motifs is 1. The Hall–Kier alpha value is -1.10. The second-order valence-corrected chi connectivity index (χ2v) is 7.91. The largest absolute Gasteiger partial charge is 0.358 e. The van der Waals surface area contributed by atoms with Crippen LogP contribution in [0.4, 0.5) is 5.82 Å². The summed E-state index contributed by atoms with van der Waals surface area (Å²) in [6.07, 6.45) is 4.81. The third kappa shape index (κ3) is 3.32. The Balaban J connectivity index is 2.36. The molecule has 0 fully saturated rings. The highest BCUT2D eigenvalue weighted by atomic mass is 79.9. The first-order valence-corrected chi connectivity index (χ1v) is 7.90. The Bertz CT molecular complexity index is 583. The molecule has 2 aromatic heterocycles. The van der Waals surface area contributed by atoms with Gasteiger partial charge in [0, 0.05) is 36.2 Å². The van der Waals surface area contributed by atoms with E-state index in [-0.39, 0.29) is 5.41 Å². The van der Waals surface area contributed by atoms with Crippen LogP contribution in [0.25, 0.3) is 5.52 Å². The van der Waals surface area contributed by atoms with Crippen LogP contribution in [0.5, 0.6) is 0 Å². The fourth-order valence-electron chi connectivity index (χ4n) is 2.05. The van der Waals surface area contributed by atoms with Crippen molar-refractivity contribution in [2.24, 2.45) is 0 Å². The molecule has 5 heteroatoms. The summed E-state index contributed by atoms with van der Waals surface area (Å²) >= 11 is 3.59. The lowest BCUT2D eigenvalue weighted by atomic mass is 9.92. The molecular weight excluding hydrogens is 316 g/mol. The topological polar surface area (TPSA) is 33.4 Å². The van der Waals surface area contributed by atoms with Crippen molar-refractivity contribution < 1.29 is 0 Å². The van der Waals surface area contributed by atoms with Gasteiger partial charge in [-0.1, -0.05) is 43.6 Å².